The maximum Gasteiger partial charge on any atom is 0.225 e. The van der Waals surface area contributed by atoms with Gasteiger partial charge in [0, 0.05) is 60.9 Å². The summed E-state index contributed by atoms with van der Waals surface area (Å²) in [6.45, 7) is 1.46. The molecule has 2 aliphatic carbocycles. The third kappa shape index (κ3) is 5.68. The zero-order valence-corrected chi connectivity index (χ0v) is 24.4. The van der Waals surface area contributed by atoms with Crippen molar-refractivity contribution in [2.24, 2.45) is 10.3 Å². The van der Waals surface area contributed by atoms with E-state index in [1.54, 1.807) is 11.7 Å². The standard InChI is InChI=1S/C30H35F2N7O2S/c1-34-42(41)14-12-38(13-15-42)23-6-2-20(3-7-23)26-18-39(27-9-5-22(32)17-35-27)37-28(26)24-8-4-21(31)16-25(24)29(40)36-30(19-33)10-11-30/h2-3,5-7,9,17-18,21,24-25,42H,4,8,10-16H2,1H3,(H,34,41)(H,36,40)/t21-,24+,25+/m0/s1. The maximum atomic E-state index is 14.7. The predicted octanol–water partition coefficient (Wildman–Crippen LogP) is 4.46. The number of hydrogen-bond donors (Lipinski definition) is 3. The number of rotatable bonds is 6. The van der Waals surface area contributed by atoms with Gasteiger partial charge in [-0.2, -0.15) is 10.4 Å². The van der Waals surface area contributed by atoms with Crippen molar-refractivity contribution in [1.82, 2.24) is 20.1 Å². The number of nitrogens with one attached hydrogen (secondary N) is 1. The van der Waals surface area contributed by atoms with Gasteiger partial charge in [0.2, 0.25) is 5.91 Å². The Labute approximate surface area is 244 Å². The molecule has 2 saturated carbocycles. The summed E-state index contributed by atoms with van der Waals surface area (Å²) in [5.74, 6) is -0.0685. The summed E-state index contributed by atoms with van der Waals surface area (Å²) in [4.78, 5) is 19.9. The minimum Gasteiger partial charge on any atom is -0.370 e. The number of thiol groups is 1. The molecule has 42 heavy (non-hydrogen) atoms. The van der Waals surface area contributed by atoms with E-state index < -0.39 is 33.6 Å². The normalized spacial score (nSPS) is 25.2. The fraction of sp³-hybridized carbons (Fsp3) is 0.467. The minimum absolute atomic E-state index is 0.0616. The van der Waals surface area contributed by atoms with Crippen molar-refractivity contribution in [3.8, 4) is 23.0 Å². The van der Waals surface area contributed by atoms with Crippen molar-refractivity contribution in [3.05, 3.63) is 60.3 Å². The lowest BCUT2D eigenvalue weighted by Gasteiger charge is -2.37. The summed E-state index contributed by atoms with van der Waals surface area (Å²) in [5, 5.41) is 17.3. The number of hydrogen-bond acceptors (Lipinski definition) is 6. The van der Waals surface area contributed by atoms with Gasteiger partial charge in [-0.05, 0) is 61.9 Å². The largest absolute Gasteiger partial charge is 0.370 e. The van der Waals surface area contributed by atoms with Gasteiger partial charge in [-0.25, -0.2) is 18.4 Å². The molecule has 1 aliphatic heterocycles. The van der Waals surface area contributed by atoms with Gasteiger partial charge < -0.3 is 14.8 Å². The highest BCUT2D eigenvalue weighted by molar-refractivity contribution is 8.00. The Kier molecular flexibility index (Phi) is 7.57. The van der Waals surface area contributed by atoms with Crippen LogP contribution in [0.15, 0.2) is 53.2 Å². The Bertz CT molecular complexity index is 1550. The van der Waals surface area contributed by atoms with Gasteiger partial charge in [0.25, 0.3) is 0 Å². The molecular weight excluding hydrogens is 560 g/mol. The Balaban J connectivity index is 1.34. The van der Waals surface area contributed by atoms with Gasteiger partial charge in [-0.1, -0.05) is 12.1 Å². The second-order valence-electron chi connectivity index (χ2n) is 11.6. The molecule has 3 aromatic rings. The fourth-order valence-corrected chi connectivity index (χ4v) is 7.80. The summed E-state index contributed by atoms with van der Waals surface area (Å²) in [6, 6.07) is 13.1. The van der Waals surface area contributed by atoms with Crippen molar-refractivity contribution < 1.29 is 18.1 Å². The first-order valence-corrected chi connectivity index (χ1v) is 16.4. The molecule has 0 radical (unpaired) electrons. The highest BCUT2D eigenvalue weighted by atomic mass is 32.3. The first-order valence-electron chi connectivity index (χ1n) is 14.4. The molecule has 3 atom stereocenters. The van der Waals surface area contributed by atoms with Crippen LogP contribution in [0.25, 0.3) is 16.9 Å². The number of carbonyl (C=O) groups is 1. The van der Waals surface area contributed by atoms with E-state index in [-0.39, 0.29) is 18.2 Å². The van der Waals surface area contributed by atoms with Gasteiger partial charge in [0.05, 0.1) is 18.0 Å². The Hall–Kier alpha value is -3.69. The van der Waals surface area contributed by atoms with E-state index in [1.807, 2.05) is 30.5 Å². The fourth-order valence-electron chi connectivity index (χ4n) is 6.05. The second-order valence-corrected chi connectivity index (χ2v) is 14.6. The van der Waals surface area contributed by atoms with Gasteiger partial charge in [0.15, 0.2) is 5.82 Å². The number of aromatic nitrogens is 3. The van der Waals surface area contributed by atoms with Crippen LogP contribution < -0.4 is 10.2 Å². The van der Waals surface area contributed by atoms with Crippen LogP contribution in [0.4, 0.5) is 14.5 Å². The second kappa shape index (κ2) is 11.2. The first kappa shape index (κ1) is 28.4. The smallest absolute Gasteiger partial charge is 0.225 e. The number of halogens is 2. The predicted molar refractivity (Wildman–Crippen MR) is 159 cm³/mol. The van der Waals surface area contributed by atoms with Crippen LogP contribution in [0.2, 0.25) is 0 Å². The summed E-state index contributed by atoms with van der Waals surface area (Å²) in [6.07, 6.45) is 3.84. The van der Waals surface area contributed by atoms with Crippen molar-refractivity contribution >= 4 is 21.7 Å². The maximum absolute atomic E-state index is 14.7. The molecule has 0 unspecified atom stereocenters. The van der Waals surface area contributed by atoms with Gasteiger partial charge in [-0.15, -0.1) is 10.1 Å². The summed E-state index contributed by atoms with van der Waals surface area (Å²) in [7, 11) is -0.482. The van der Waals surface area contributed by atoms with E-state index in [9.17, 15) is 23.4 Å². The number of pyridine rings is 1. The number of anilines is 1. The molecule has 9 nitrogen and oxygen atoms in total. The number of carbonyl (C=O) groups excluding carboxylic acids is 1. The van der Waals surface area contributed by atoms with Crippen LogP contribution in [0.5, 0.6) is 0 Å². The monoisotopic (exact) mass is 595 g/mol. The topological polar surface area (TPSA) is 119 Å². The molecule has 3 aliphatic rings. The lowest BCUT2D eigenvalue weighted by Crippen LogP contribution is -2.44. The molecule has 1 amide bonds. The van der Waals surface area contributed by atoms with Gasteiger partial charge in [0.1, 0.15) is 17.5 Å². The average Bonchev–Trinajstić information content (AvgIpc) is 3.65. The van der Waals surface area contributed by atoms with E-state index in [2.05, 4.69) is 25.6 Å². The van der Waals surface area contributed by atoms with Crippen LogP contribution in [0.1, 0.15) is 43.7 Å². The van der Waals surface area contributed by atoms with E-state index in [0.717, 1.165) is 36.1 Å². The van der Waals surface area contributed by atoms with Gasteiger partial charge >= 0.3 is 0 Å². The van der Waals surface area contributed by atoms with Crippen molar-refractivity contribution in [3.63, 3.8) is 0 Å². The lowest BCUT2D eigenvalue weighted by molar-refractivity contribution is -0.128. The summed E-state index contributed by atoms with van der Waals surface area (Å²) in [5.41, 5.74) is 2.51. The van der Waals surface area contributed by atoms with Crippen molar-refractivity contribution in [2.75, 3.05) is 36.5 Å². The summed E-state index contributed by atoms with van der Waals surface area (Å²) < 4.78 is 44.7. The molecule has 2 aromatic heterocycles. The molecule has 0 bridgehead atoms. The van der Waals surface area contributed by atoms with E-state index in [0.29, 0.717) is 48.7 Å². The van der Waals surface area contributed by atoms with E-state index in [1.165, 1.54) is 12.1 Å². The highest BCUT2D eigenvalue weighted by Gasteiger charge is 2.48. The minimum atomic E-state index is -2.18. The van der Waals surface area contributed by atoms with Crippen molar-refractivity contribution in [1.29, 1.82) is 5.26 Å². The van der Waals surface area contributed by atoms with E-state index >= 15 is 0 Å². The number of nitrogens with zero attached hydrogens (tertiary/aromatic N) is 6. The Morgan fingerprint density at radius 1 is 1.19 bits per heavy atom. The molecular formula is C30H35F2N7O2S. The first-order chi connectivity index (χ1) is 20.2. The van der Waals surface area contributed by atoms with Crippen molar-refractivity contribution in [2.45, 2.75) is 49.7 Å². The molecule has 222 valence electrons. The molecule has 1 aromatic carbocycles. The van der Waals surface area contributed by atoms with Gasteiger partial charge in [-0.3, -0.25) is 9.16 Å². The molecule has 0 spiro atoms. The number of nitriles is 1. The van der Waals surface area contributed by atoms with Crippen LogP contribution in [0, 0.1) is 23.1 Å². The Morgan fingerprint density at radius 3 is 2.55 bits per heavy atom. The molecule has 12 heteroatoms. The molecule has 2 N–H and O–H groups in total. The molecule has 3 fully saturated rings. The van der Waals surface area contributed by atoms with Crippen LogP contribution in [-0.4, -0.2) is 68.6 Å². The molecule has 1 saturated heterocycles. The zero-order valence-electron chi connectivity index (χ0n) is 23.5. The average molecular weight is 596 g/mol. The molecule has 3 heterocycles. The summed E-state index contributed by atoms with van der Waals surface area (Å²) >= 11 is 0. The third-order valence-corrected chi connectivity index (χ3v) is 11.4. The third-order valence-electron chi connectivity index (χ3n) is 8.86. The molecule has 6 rings (SSSR count). The van der Waals surface area contributed by atoms with Crippen LogP contribution in [-0.2, 0) is 14.9 Å². The lowest BCUT2D eigenvalue weighted by atomic mass is 9.74. The number of alkyl halides is 1. The number of benzene rings is 1. The highest BCUT2D eigenvalue weighted by Crippen LogP contribution is 2.44. The van der Waals surface area contributed by atoms with Crippen LogP contribution in [0.3, 0.4) is 0 Å². The zero-order chi connectivity index (χ0) is 29.5. The SMILES string of the molecule is CN=[SH]1(O)CCN(c2ccc(-c3cn(-c4ccc(F)cn4)nc3[C@@H]3CC[C@H](F)C[C@H]3C(=O)NC3(C#N)CC3)cc2)CC1. The van der Waals surface area contributed by atoms with Crippen LogP contribution >= 0.6 is 0 Å². The quantitative estimate of drug-likeness (QED) is 0.362. The Morgan fingerprint density at radius 2 is 1.93 bits per heavy atom. The number of amides is 1. The van der Waals surface area contributed by atoms with E-state index in [4.69, 9.17) is 5.10 Å².